The molecule has 1 saturated heterocycles. The van der Waals surface area contributed by atoms with Crippen LogP contribution < -0.4 is 5.32 Å². The normalized spacial score (nSPS) is 20.1. The number of hydrogen-bond donors (Lipinski definition) is 2. The summed E-state index contributed by atoms with van der Waals surface area (Å²) in [6.45, 7) is 0.128. The van der Waals surface area contributed by atoms with Gasteiger partial charge in [-0.1, -0.05) is 0 Å². The first kappa shape index (κ1) is 17.1. The first-order chi connectivity index (χ1) is 9.26. The molecule has 1 rings (SSSR count). The Bertz CT molecular complexity index is 352. The molecule has 1 atom stereocenters. The van der Waals surface area contributed by atoms with Crippen LogP contribution >= 0.6 is 11.8 Å². The molecule has 0 bridgehead atoms. The molecular weight excluding hydrogens is 297 g/mol. The Morgan fingerprint density at radius 1 is 1.35 bits per heavy atom. The first-order valence-corrected chi connectivity index (χ1v) is 7.27. The summed E-state index contributed by atoms with van der Waals surface area (Å²) in [5, 5.41) is 11.0. The molecule has 0 saturated carbocycles. The molecule has 2 N–H and O–H groups in total. The number of alkyl halides is 3. The highest BCUT2D eigenvalue weighted by Gasteiger charge is 2.34. The summed E-state index contributed by atoms with van der Waals surface area (Å²) in [4.78, 5) is 23.0. The molecule has 116 valence electrons. The Morgan fingerprint density at radius 2 is 2.05 bits per heavy atom. The van der Waals surface area contributed by atoms with Crippen molar-refractivity contribution >= 4 is 23.6 Å². The molecule has 0 radical (unpaired) electrons. The summed E-state index contributed by atoms with van der Waals surface area (Å²) < 4.78 is 36.6. The van der Waals surface area contributed by atoms with Crippen molar-refractivity contribution in [3.05, 3.63) is 0 Å². The van der Waals surface area contributed by atoms with Crippen molar-refractivity contribution in [2.45, 2.75) is 12.6 Å². The number of thioether (sulfide) groups is 1. The lowest BCUT2D eigenvalue weighted by Crippen LogP contribution is -2.35. The summed E-state index contributed by atoms with van der Waals surface area (Å²) in [7, 11) is 0. The highest BCUT2D eigenvalue weighted by atomic mass is 32.2. The van der Waals surface area contributed by atoms with Gasteiger partial charge >= 0.3 is 12.1 Å². The van der Waals surface area contributed by atoms with Crippen molar-refractivity contribution in [3.8, 4) is 0 Å². The Hall–Kier alpha value is -0.960. The SMILES string of the molecule is O=C(O)CSCC(=O)NCC1CCN(CC(F)(F)F)C1. The highest BCUT2D eigenvalue weighted by molar-refractivity contribution is 8.00. The number of aliphatic carboxylic acids is 1. The van der Waals surface area contributed by atoms with Gasteiger partial charge in [0.15, 0.2) is 0 Å². The summed E-state index contributed by atoms with van der Waals surface area (Å²) in [6.07, 6.45) is -3.57. The molecule has 0 aliphatic carbocycles. The van der Waals surface area contributed by atoms with Crippen molar-refractivity contribution in [2.75, 3.05) is 37.7 Å². The molecule has 0 spiro atoms. The zero-order chi connectivity index (χ0) is 15.2. The molecule has 0 aromatic rings. The zero-order valence-electron chi connectivity index (χ0n) is 10.8. The van der Waals surface area contributed by atoms with Crippen molar-refractivity contribution in [1.82, 2.24) is 10.2 Å². The maximum absolute atomic E-state index is 12.2. The number of carbonyl (C=O) groups is 2. The lowest BCUT2D eigenvalue weighted by Gasteiger charge is -2.17. The Balaban J connectivity index is 2.14. The van der Waals surface area contributed by atoms with E-state index in [9.17, 15) is 22.8 Å². The molecule has 1 aliphatic rings. The van der Waals surface area contributed by atoms with Crippen LogP contribution in [0.25, 0.3) is 0 Å². The maximum atomic E-state index is 12.2. The van der Waals surface area contributed by atoms with Crippen LogP contribution in [0, 0.1) is 5.92 Å². The van der Waals surface area contributed by atoms with E-state index in [1.54, 1.807) is 0 Å². The molecule has 1 unspecified atom stereocenters. The lowest BCUT2D eigenvalue weighted by molar-refractivity contribution is -0.143. The Kier molecular flexibility index (Phi) is 6.60. The largest absolute Gasteiger partial charge is 0.481 e. The zero-order valence-corrected chi connectivity index (χ0v) is 11.6. The van der Waals surface area contributed by atoms with Crippen molar-refractivity contribution in [2.24, 2.45) is 5.92 Å². The van der Waals surface area contributed by atoms with Crippen molar-refractivity contribution < 1.29 is 27.9 Å². The average Bonchev–Trinajstić information content (AvgIpc) is 2.71. The second kappa shape index (κ2) is 7.72. The van der Waals surface area contributed by atoms with Gasteiger partial charge in [0.2, 0.25) is 5.91 Å². The number of rotatable bonds is 7. The molecule has 1 amide bonds. The topological polar surface area (TPSA) is 69.6 Å². The molecule has 1 heterocycles. The van der Waals surface area contributed by atoms with E-state index < -0.39 is 18.7 Å². The third-order valence-electron chi connectivity index (χ3n) is 2.82. The summed E-state index contributed by atoms with van der Waals surface area (Å²) in [6, 6.07) is 0. The van der Waals surface area contributed by atoms with Crippen LogP contribution in [-0.4, -0.2) is 65.7 Å². The predicted octanol–water partition coefficient (Wildman–Crippen LogP) is 0.805. The van der Waals surface area contributed by atoms with Crippen LogP contribution in [0.5, 0.6) is 0 Å². The number of carbonyl (C=O) groups excluding carboxylic acids is 1. The van der Waals surface area contributed by atoms with Gasteiger partial charge in [0.25, 0.3) is 0 Å². The van der Waals surface area contributed by atoms with Crippen LogP contribution in [-0.2, 0) is 9.59 Å². The number of carboxylic acids is 1. The number of nitrogens with zero attached hydrogens (tertiary/aromatic N) is 1. The van der Waals surface area contributed by atoms with E-state index in [-0.39, 0.29) is 23.3 Å². The fourth-order valence-corrected chi connectivity index (χ4v) is 2.58. The molecule has 9 heteroatoms. The number of amides is 1. The van der Waals surface area contributed by atoms with Crippen LogP contribution in [0.15, 0.2) is 0 Å². The minimum Gasteiger partial charge on any atom is -0.481 e. The van der Waals surface area contributed by atoms with Gasteiger partial charge in [0, 0.05) is 13.1 Å². The predicted molar refractivity (Wildman–Crippen MR) is 68.6 cm³/mol. The average molecular weight is 314 g/mol. The van der Waals surface area contributed by atoms with Gasteiger partial charge in [-0.2, -0.15) is 13.2 Å². The van der Waals surface area contributed by atoms with Gasteiger partial charge in [-0.15, -0.1) is 11.8 Å². The standard InChI is InChI=1S/C11H17F3N2O3S/c12-11(13,14)7-16-2-1-8(4-16)3-15-9(17)5-20-6-10(18)19/h8H,1-7H2,(H,15,17)(H,18,19). The van der Waals surface area contributed by atoms with E-state index in [0.29, 0.717) is 26.1 Å². The fourth-order valence-electron chi connectivity index (χ4n) is 2.02. The number of hydrogen-bond acceptors (Lipinski definition) is 4. The minimum atomic E-state index is -4.19. The van der Waals surface area contributed by atoms with Gasteiger partial charge in [0.05, 0.1) is 18.1 Å². The number of carboxylic acid groups (broad SMARTS) is 1. The fraction of sp³-hybridized carbons (Fsp3) is 0.818. The van der Waals surface area contributed by atoms with Gasteiger partial charge < -0.3 is 10.4 Å². The van der Waals surface area contributed by atoms with Crippen molar-refractivity contribution in [1.29, 1.82) is 0 Å². The Morgan fingerprint density at radius 3 is 2.65 bits per heavy atom. The van der Waals surface area contributed by atoms with E-state index in [1.165, 1.54) is 4.90 Å². The second-order valence-corrected chi connectivity index (χ2v) is 5.68. The lowest BCUT2D eigenvalue weighted by atomic mass is 10.1. The number of halogens is 3. The molecular formula is C11H17F3N2O3S. The summed E-state index contributed by atoms with van der Waals surface area (Å²) >= 11 is 0.990. The highest BCUT2D eigenvalue weighted by Crippen LogP contribution is 2.22. The van der Waals surface area contributed by atoms with Gasteiger partial charge in [-0.05, 0) is 18.9 Å². The molecule has 20 heavy (non-hydrogen) atoms. The van der Waals surface area contributed by atoms with Crippen LogP contribution in [0.3, 0.4) is 0 Å². The number of likely N-dealkylation sites (tertiary alicyclic amines) is 1. The van der Waals surface area contributed by atoms with E-state index in [4.69, 9.17) is 5.11 Å². The molecule has 1 fully saturated rings. The molecule has 5 nitrogen and oxygen atoms in total. The molecule has 0 aromatic heterocycles. The minimum absolute atomic E-state index is 0.0192. The van der Waals surface area contributed by atoms with Gasteiger partial charge in [-0.3, -0.25) is 14.5 Å². The Labute approximate surface area is 118 Å². The monoisotopic (exact) mass is 314 g/mol. The number of nitrogens with one attached hydrogen (secondary N) is 1. The van der Waals surface area contributed by atoms with E-state index in [1.807, 2.05) is 0 Å². The molecule has 0 aromatic carbocycles. The quantitative estimate of drug-likeness (QED) is 0.727. The first-order valence-electron chi connectivity index (χ1n) is 6.11. The van der Waals surface area contributed by atoms with E-state index >= 15 is 0 Å². The second-order valence-electron chi connectivity index (χ2n) is 4.70. The van der Waals surface area contributed by atoms with Crippen LogP contribution in [0.4, 0.5) is 13.2 Å². The van der Waals surface area contributed by atoms with Gasteiger partial charge in [0.1, 0.15) is 0 Å². The molecule has 1 aliphatic heterocycles. The van der Waals surface area contributed by atoms with Gasteiger partial charge in [-0.25, -0.2) is 0 Å². The van der Waals surface area contributed by atoms with Crippen LogP contribution in [0.2, 0.25) is 0 Å². The van der Waals surface area contributed by atoms with E-state index in [2.05, 4.69) is 5.32 Å². The van der Waals surface area contributed by atoms with Crippen LogP contribution in [0.1, 0.15) is 6.42 Å². The smallest absolute Gasteiger partial charge is 0.401 e. The third-order valence-corrected chi connectivity index (χ3v) is 3.74. The van der Waals surface area contributed by atoms with Crippen molar-refractivity contribution in [3.63, 3.8) is 0 Å². The summed E-state index contributed by atoms with van der Waals surface area (Å²) in [5.74, 6) is -1.35. The summed E-state index contributed by atoms with van der Waals surface area (Å²) in [5.41, 5.74) is 0. The van der Waals surface area contributed by atoms with E-state index in [0.717, 1.165) is 11.8 Å². The maximum Gasteiger partial charge on any atom is 0.401 e. The third kappa shape index (κ3) is 7.59.